The average Bonchev–Trinajstić information content (AvgIpc) is 2.73. The Morgan fingerprint density at radius 2 is 1.50 bits per heavy atom. The van der Waals surface area contributed by atoms with Crippen molar-refractivity contribution >= 4 is 58.6 Å². The van der Waals surface area contributed by atoms with Gasteiger partial charge in [0.25, 0.3) is 3.79 Å². The normalized spacial score (nSPS) is 24.6. The van der Waals surface area contributed by atoms with Crippen molar-refractivity contribution < 1.29 is 42.8 Å². The highest BCUT2D eigenvalue weighted by Gasteiger charge is 2.53. The van der Waals surface area contributed by atoms with E-state index in [1.807, 2.05) is 30.3 Å². The number of nitrogens with one attached hydrogen (secondary N) is 1. The van der Waals surface area contributed by atoms with Crippen LogP contribution in [-0.4, -0.2) is 64.9 Å². The van der Waals surface area contributed by atoms with Crippen LogP contribution in [-0.2, 0) is 49.4 Å². The average molecular weight is 541 g/mol. The summed E-state index contributed by atoms with van der Waals surface area (Å²) in [5.41, 5.74) is 0.788. The molecule has 1 aromatic rings. The van der Waals surface area contributed by atoms with Gasteiger partial charge in [-0.2, -0.15) is 0 Å². The Morgan fingerprint density at radius 1 is 0.912 bits per heavy atom. The van der Waals surface area contributed by atoms with E-state index in [0.717, 1.165) is 19.4 Å². The molecule has 0 radical (unpaired) electrons. The zero-order chi connectivity index (χ0) is 25.5. The molecular weight excluding hydrogens is 517 g/mol. The number of hydrogen-bond acceptors (Lipinski definition) is 10. The van der Waals surface area contributed by atoms with E-state index in [1.54, 1.807) is 0 Å². The lowest BCUT2D eigenvalue weighted by Gasteiger charge is -2.44. The van der Waals surface area contributed by atoms with Crippen molar-refractivity contribution in [1.29, 1.82) is 5.41 Å². The second-order valence-corrected chi connectivity index (χ2v) is 9.48. The minimum Gasteiger partial charge on any atom is -0.463 e. The van der Waals surface area contributed by atoms with Crippen molar-refractivity contribution in [2.45, 2.75) is 61.9 Å². The van der Waals surface area contributed by atoms with Crippen LogP contribution in [0.4, 0.5) is 0 Å². The third kappa shape index (κ3) is 8.59. The lowest BCUT2D eigenvalue weighted by Crippen LogP contribution is -2.63. The van der Waals surface area contributed by atoms with E-state index in [2.05, 4.69) is 0 Å². The van der Waals surface area contributed by atoms with Crippen molar-refractivity contribution in [1.82, 2.24) is 0 Å². The summed E-state index contributed by atoms with van der Waals surface area (Å²) in [5, 5.41) is 7.87. The molecule has 5 atom stereocenters. The van der Waals surface area contributed by atoms with Crippen LogP contribution in [0.15, 0.2) is 30.3 Å². The maximum absolute atomic E-state index is 11.9. The number of esters is 3. The van der Waals surface area contributed by atoms with Crippen LogP contribution in [0.5, 0.6) is 0 Å². The predicted molar refractivity (Wildman–Crippen MR) is 121 cm³/mol. The molecule has 10 nitrogen and oxygen atoms in total. The van der Waals surface area contributed by atoms with Crippen molar-refractivity contribution in [3.63, 3.8) is 0 Å². The van der Waals surface area contributed by atoms with Crippen LogP contribution in [0.1, 0.15) is 26.3 Å². The van der Waals surface area contributed by atoms with Crippen LogP contribution in [0.2, 0.25) is 0 Å². The summed E-state index contributed by atoms with van der Waals surface area (Å²) in [4.78, 5) is 35.2. The number of alkyl halides is 3. The highest BCUT2D eigenvalue weighted by molar-refractivity contribution is 6.76. The molecule has 1 fully saturated rings. The summed E-state index contributed by atoms with van der Waals surface area (Å²) in [6.07, 6.45) is -6.41. The lowest BCUT2D eigenvalue weighted by molar-refractivity contribution is -0.297. The minimum absolute atomic E-state index is 0.0610. The second kappa shape index (κ2) is 12.6. The monoisotopic (exact) mass is 539 g/mol. The Balaban J connectivity index is 2.42. The number of rotatable bonds is 8. The SMILES string of the molecule is CC(=O)OC[C@H]1OC(OC(=N)C(Cl)(Cl)Cl)[C@H](OC(C)=O)[C@@H](OC(C)=O)[C@H]1OCc1ccccc1. The Labute approximate surface area is 211 Å². The number of carbonyl (C=O) groups is 3. The standard InChI is InChI=1S/C21H24Cl3NO9/c1-11(26)29-10-15-16(30-9-14-7-5-4-6-8-14)17(31-12(2)27)18(32-13(3)28)19(33-15)34-20(25)21(22,23)24/h4-8,15-19,25H,9-10H2,1-3H3/t15-,16+,17+,18-,19?/m1/s1. The zero-order valence-corrected chi connectivity index (χ0v) is 20.8. The molecule has 13 heteroatoms. The fourth-order valence-corrected chi connectivity index (χ4v) is 3.23. The summed E-state index contributed by atoms with van der Waals surface area (Å²) in [5.74, 6) is -2.93. The van der Waals surface area contributed by atoms with Gasteiger partial charge in [-0.15, -0.1) is 0 Å². The molecule has 1 heterocycles. The molecule has 2 rings (SSSR count). The van der Waals surface area contributed by atoms with Crippen LogP contribution >= 0.6 is 34.8 Å². The molecule has 0 bridgehead atoms. The third-order valence-electron chi connectivity index (χ3n) is 4.42. The summed E-state index contributed by atoms with van der Waals surface area (Å²) < 4.78 is 30.7. The first kappa shape index (κ1) is 28.1. The summed E-state index contributed by atoms with van der Waals surface area (Å²) in [7, 11) is 0. The Bertz CT molecular complexity index is 878. The number of ether oxygens (including phenoxy) is 6. The molecule has 1 aromatic carbocycles. The smallest absolute Gasteiger partial charge is 0.303 e. The van der Waals surface area contributed by atoms with E-state index >= 15 is 0 Å². The van der Waals surface area contributed by atoms with Gasteiger partial charge < -0.3 is 28.4 Å². The van der Waals surface area contributed by atoms with E-state index in [1.165, 1.54) is 6.92 Å². The molecule has 0 spiro atoms. The van der Waals surface area contributed by atoms with Gasteiger partial charge in [-0.05, 0) is 5.56 Å². The van der Waals surface area contributed by atoms with E-state index < -0.39 is 58.3 Å². The largest absolute Gasteiger partial charge is 0.463 e. The van der Waals surface area contributed by atoms with E-state index in [0.29, 0.717) is 0 Å². The Hall–Kier alpha value is -2.11. The molecular formula is C21H24Cl3NO9. The molecule has 188 valence electrons. The van der Waals surface area contributed by atoms with Gasteiger partial charge in [0.2, 0.25) is 18.3 Å². The predicted octanol–water partition coefficient (Wildman–Crippen LogP) is 3.09. The molecule has 0 aliphatic carbocycles. The number of halogens is 3. The van der Waals surface area contributed by atoms with Gasteiger partial charge in [-0.1, -0.05) is 65.1 Å². The maximum Gasteiger partial charge on any atom is 0.303 e. The van der Waals surface area contributed by atoms with Gasteiger partial charge in [0.15, 0.2) is 6.10 Å². The van der Waals surface area contributed by atoms with Gasteiger partial charge in [0, 0.05) is 20.8 Å². The van der Waals surface area contributed by atoms with E-state index in [-0.39, 0.29) is 13.2 Å². The molecule has 1 N–H and O–H groups in total. The molecule has 1 saturated heterocycles. The molecule has 1 unspecified atom stereocenters. The van der Waals surface area contributed by atoms with Crippen molar-refractivity contribution in [2.75, 3.05) is 6.61 Å². The second-order valence-electron chi connectivity index (χ2n) is 7.20. The third-order valence-corrected chi connectivity index (χ3v) is 4.94. The molecule has 34 heavy (non-hydrogen) atoms. The fraction of sp³-hybridized carbons (Fsp3) is 0.524. The van der Waals surface area contributed by atoms with Crippen LogP contribution in [0.25, 0.3) is 0 Å². The fourth-order valence-electron chi connectivity index (χ4n) is 3.10. The van der Waals surface area contributed by atoms with Gasteiger partial charge in [0.05, 0.1) is 6.61 Å². The molecule has 1 aliphatic heterocycles. The zero-order valence-electron chi connectivity index (χ0n) is 18.5. The van der Waals surface area contributed by atoms with Crippen LogP contribution in [0, 0.1) is 5.41 Å². The van der Waals surface area contributed by atoms with Crippen LogP contribution in [0.3, 0.4) is 0 Å². The van der Waals surface area contributed by atoms with Gasteiger partial charge >= 0.3 is 17.9 Å². The van der Waals surface area contributed by atoms with Crippen LogP contribution < -0.4 is 0 Å². The lowest BCUT2D eigenvalue weighted by atomic mass is 9.98. The van der Waals surface area contributed by atoms with Crippen molar-refractivity contribution in [3.05, 3.63) is 35.9 Å². The highest BCUT2D eigenvalue weighted by Crippen LogP contribution is 2.34. The Morgan fingerprint density at radius 3 is 2.03 bits per heavy atom. The molecule has 1 aliphatic rings. The summed E-state index contributed by atoms with van der Waals surface area (Å²) in [6.45, 7) is 3.19. The first-order chi connectivity index (χ1) is 15.9. The first-order valence-electron chi connectivity index (χ1n) is 9.99. The summed E-state index contributed by atoms with van der Waals surface area (Å²) in [6, 6.07) is 9.07. The van der Waals surface area contributed by atoms with Gasteiger partial charge in [0.1, 0.15) is 18.8 Å². The van der Waals surface area contributed by atoms with Crippen molar-refractivity contribution in [2.24, 2.45) is 0 Å². The van der Waals surface area contributed by atoms with Gasteiger partial charge in [-0.25, -0.2) is 0 Å². The molecule has 0 saturated carbocycles. The topological polar surface area (TPSA) is 130 Å². The maximum atomic E-state index is 11.9. The summed E-state index contributed by atoms with van der Waals surface area (Å²) >= 11 is 17.1. The number of benzene rings is 1. The van der Waals surface area contributed by atoms with Gasteiger partial charge in [-0.3, -0.25) is 19.8 Å². The Kier molecular flexibility index (Phi) is 10.4. The number of carbonyl (C=O) groups excluding carboxylic acids is 3. The van der Waals surface area contributed by atoms with E-state index in [4.69, 9.17) is 68.6 Å². The van der Waals surface area contributed by atoms with E-state index in [9.17, 15) is 14.4 Å². The molecule has 0 aromatic heterocycles. The minimum atomic E-state index is -2.26. The molecule has 0 amide bonds. The quantitative estimate of drug-likeness (QED) is 0.174. The van der Waals surface area contributed by atoms with Crippen molar-refractivity contribution in [3.8, 4) is 0 Å². The highest BCUT2D eigenvalue weighted by atomic mass is 35.6. The number of hydrogen-bond donors (Lipinski definition) is 1. The first-order valence-corrected chi connectivity index (χ1v) is 11.1.